The summed E-state index contributed by atoms with van der Waals surface area (Å²) in [4.78, 5) is 10.9. The Morgan fingerprint density at radius 1 is 0.960 bits per heavy atom. The molecule has 0 unspecified atom stereocenters. The number of benzene rings is 1. The molecule has 0 saturated carbocycles. The van der Waals surface area contributed by atoms with Crippen molar-refractivity contribution in [2.45, 2.75) is 71.0 Å². The van der Waals surface area contributed by atoms with Crippen LogP contribution in [-0.2, 0) is 9.47 Å². The van der Waals surface area contributed by atoms with E-state index in [0.717, 1.165) is 18.8 Å². The van der Waals surface area contributed by atoms with Gasteiger partial charge in [-0.1, -0.05) is 70.4 Å². The Morgan fingerprint density at radius 3 is 2.08 bits per heavy atom. The van der Waals surface area contributed by atoms with Crippen molar-refractivity contribution in [2.24, 2.45) is 5.92 Å². The van der Waals surface area contributed by atoms with Gasteiger partial charge in [-0.05, 0) is 18.6 Å². The number of ether oxygens (including phenoxy) is 2. The minimum Gasteiger partial charge on any atom is -0.478 e. The molecule has 1 fully saturated rings. The smallest absolute Gasteiger partial charge is 0.335 e. The van der Waals surface area contributed by atoms with Crippen molar-refractivity contribution in [3.8, 4) is 0 Å². The molecule has 1 aromatic rings. The van der Waals surface area contributed by atoms with Crippen molar-refractivity contribution in [3.63, 3.8) is 0 Å². The number of unbranched alkanes of at least 4 members (excludes halogenated alkanes) is 7. The SMILES string of the molecule is CCCCCCCCCCC1COC(c2ccc(C(=O)O)cc2)OC1. The average Bonchev–Trinajstić information content (AvgIpc) is 2.64. The minimum absolute atomic E-state index is 0.284. The monoisotopic (exact) mass is 348 g/mol. The van der Waals surface area contributed by atoms with Crippen molar-refractivity contribution < 1.29 is 19.4 Å². The number of aromatic carboxylic acids is 1. The molecule has 4 heteroatoms. The Balaban J connectivity index is 1.57. The average molecular weight is 348 g/mol. The Kier molecular flexibility index (Phi) is 8.98. The van der Waals surface area contributed by atoms with Crippen LogP contribution in [0.15, 0.2) is 24.3 Å². The Morgan fingerprint density at radius 2 is 1.52 bits per heavy atom. The summed E-state index contributed by atoms with van der Waals surface area (Å²) in [5, 5.41) is 8.93. The molecule has 1 aliphatic heterocycles. The third-order valence-corrected chi connectivity index (χ3v) is 4.86. The number of hydrogen-bond donors (Lipinski definition) is 1. The van der Waals surface area contributed by atoms with E-state index in [9.17, 15) is 4.79 Å². The standard InChI is InChI=1S/C21H32O4/c1-2-3-4-5-6-7-8-9-10-17-15-24-21(25-16-17)19-13-11-18(12-14-19)20(22)23/h11-14,17,21H,2-10,15-16H2,1H3,(H,22,23). The molecule has 0 bridgehead atoms. The lowest BCUT2D eigenvalue weighted by Gasteiger charge is -2.29. The number of carboxylic acids is 1. The zero-order valence-corrected chi connectivity index (χ0v) is 15.4. The highest BCUT2D eigenvalue weighted by molar-refractivity contribution is 5.87. The summed E-state index contributed by atoms with van der Waals surface area (Å²) in [6.07, 6.45) is 11.5. The van der Waals surface area contributed by atoms with Gasteiger partial charge < -0.3 is 14.6 Å². The van der Waals surface area contributed by atoms with Crippen molar-refractivity contribution in [1.82, 2.24) is 0 Å². The van der Waals surface area contributed by atoms with E-state index >= 15 is 0 Å². The third-order valence-electron chi connectivity index (χ3n) is 4.86. The quantitative estimate of drug-likeness (QED) is 0.531. The minimum atomic E-state index is -0.914. The van der Waals surface area contributed by atoms with Gasteiger partial charge in [0.05, 0.1) is 18.8 Å². The van der Waals surface area contributed by atoms with Gasteiger partial charge in [0.15, 0.2) is 6.29 Å². The van der Waals surface area contributed by atoms with Crippen molar-refractivity contribution in [2.75, 3.05) is 13.2 Å². The Labute approximate surface area is 151 Å². The van der Waals surface area contributed by atoms with E-state index in [1.807, 2.05) is 0 Å². The summed E-state index contributed by atoms with van der Waals surface area (Å²) < 4.78 is 11.7. The molecule has 1 N–H and O–H groups in total. The first-order valence-electron chi connectivity index (χ1n) is 9.77. The van der Waals surface area contributed by atoms with Gasteiger partial charge >= 0.3 is 5.97 Å². The van der Waals surface area contributed by atoms with E-state index in [0.29, 0.717) is 5.92 Å². The van der Waals surface area contributed by atoms with Crippen molar-refractivity contribution >= 4 is 5.97 Å². The van der Waals surface area contributed by atoms with Crippen LogP contribution in [0, 0.1) is 5.92 Å². The molecule has 0 aromatic heterocycles. The number of carbonyl (C=O) groups is 1. The van der Waals surface area contributed by atoms with Gasteiger partial charge in [0, 0.05) is 11.5 Å². The number of rotatable bonds is 11. The molecule has 0 atom stereocenters. The lowest BCUT2D eigenvalue weighted by atomic mass is 10.0. The molecular formula is C21H32O4. The molecule has 0 aliphatic carbocycles. The second-order valence-electron chi connectivity index (χ2n) is 7.06. The second kappa shape index (κ2) is 11.3. The fourth-order valence-corrected chi connectivity index (χ4v) is 3.25. The topological polar surface area (TPSA) is 55.8 Å². The molecule has 140 valence electrons. The number of hydrogen-bond acceptors (Lipinski definition) is 3. The van der Waals surface area contributed by atoms with Crippen LogP contribution in [0.4, 0.5) is 0 Å². The molecule has 1 aliphatic rings. The summed E-state index contributed by atoms with van der Waals surface area (Å²) in [6.45, 7) is 3.70. The molecule has 25 heavy (non-hydrogen) atoms. The van der Waals surface area contributed by atoms with E-state index in [2.05, 4.69) is 6.92 Å². The molecule has 1 aromatic carbocycles. The van der Waals surface area contributed by atoms with E-state index in [1.165, 1.54) is 57.8 Å². The van der Waals surface area contributed by atoms with Crippen LogP contribution in [0.1, 0.15) is 86.9 Å². The summed E-state index contributed by atoms with van der Waals surface area (Å²) in [7, 11) is 0. The largest absolute Gasteiger partial charge is 0.478 e. The van der Waals surface area contributed by atoms with Gasteiger partial charge in [0.1, 0.15) is 0 Å². The van der Waals surface area contributed by atoms with Gasteiger partial charge in [0.2, 0.25) is 0 Å². The first-order chi connectivity index (χ1) is 12.2. The maximum Gasteiger partial charge on any atom is 0.335 e. The maximum atomic E-state index is 10.9. The fourth-order valence-electron chi connectivity index (χ4n) is 3.25. The van der Waals surface area contributed by atoms with E-state index in [4.69, 9.17) is 14.6 Å². The van der Waals surface area contributed by atoms with Crippen LogP contribution in [0.3, 0.4) is 0 Å². The summed E-state index contributed by atoms with van der Waals surface area (Å²) in [5.74, 6) is -0.433. The Hall–Kier alpha value is -1.39. The predicted molar refractivity (Wildman–Crippen MR) is 98.8 cm³/mol. The van der Waals surface area contributed by atoms with E-state index in [1.54, 1.807) is 24.3 Å². The normalized spacial score (nSPS) is 20.5. The molecule has 2 rings (SSSR count). The highest BCUT2D eigenvalue weighted by atomic mass is 16.7. The zero-order chi connectivity index (χ0) is 17.9. The van der Waals surface area contributed by atoms with Gasteiger partial charge in [-0.25, -0.2) is 4.79 Å². The van der Waals surface area contributed by atoms with Crippen LogP contribution >= 0.6 is 0 Å². The second-order valence-corrected chi connectivity index (χ2v) is 7.06. The van der Waals surface area contributed by atoms with Gasteiger partial charge in [-0.15, -0.1) is 0 Å². The highest BCUT2D eigenvalue weighted by Gasteiger charge is 2.23. The van der Waals surface area contributed by atoms with Crippen LogP contribution in [0.25, 0.3) is 0 Å². The first-order valence-corrected chi connectivity index (χ1v) is 9.77. The Bertz CT molecular complexity index is 489. The lowest BCUT2D eigenvalue weighted by molar-refractivity contribution is -0.206. The summed E-state index contributed by atoms with van der Waals surface area (Å²) in [6, 6.07) is 6.73. The first kappa shape index (κ1) is 19.9. The number of carboxylic acid groups (broad SMARTS) is 1. The van der Waals surface area contributed by atoms with Crippen molar-refractivity contribution in [3.05, 3.63) is 35.4 Å². The van der Waals surface area contributed by atoms with Crippen LogP contribution in [-0.4, -0.2) is 24.3 Å². The van der Waals surface area contributed by atoms with Gasteiger partial charge in [-0.3, -0.25) is 0 Å². The van der Waals surface area contributed by atoms with Crippen LogP contribution in [0.2, 0.25) is 0 Å². The van der Waals surface area contributed by atoms with Crippen molar-refractivity contribution in [1.29, 1.82) is 0 Å². The molecular weight excluding hydrogens is 316 g/mol. The predicted octanol–water partition coefficient (Wildman–Crippen LogP) is 5.58. The van der Waals surface area contributed by atoms with Crippen LogP contribution in [0.5, 0.6) is 0 Å². The lowest BCUT2D eigenvalue weighted by Crippen LogP contribution is -2.27. The van der Waals surface area contributed by atoms with E-state index in [-0.39, 0.29) is 11.9 Å². The zero-order valence-electron chi connectivity index (χ0n) is 15.4. The molecule has 0 spiro atoms. The molecule has 4 nitrogen and oxygen atoms in total. The molecule has 0 amide bonds. The molecule has 0 radical (unpaired) electrons. The summed E-state index contributed by atoms with van der Waals surface area (Å²) in [5.41, 5.74) is 1.17. The van der Waals surface area contributed by atoms with Gasteiger partial charge in [0.25, 0.3) is 0 Å². The van der Waals surface area contributed by atoms with Crippen LogP contribution < -0.4 is 0 Å². The van der Waals surface area contributed by atoms with E-state index < -0.39 is 5.97 Å². The summed E-state index contributed by atoms with van der Waals surface area (Å²) >= 11 is 0. The molecule has 1 heterocycles. The third kappa shape index (κ3) is 7.17. The molecule has 1 saturated heterocycles. The fraction of sp³-hybridized carbons (Fsp3) is 0.667. The maximum absolute atomic E-state index is 10.9. The highest BCUT2D eigenvalue weighted by Crippen LogP contribution is 2.27. The van der Waals surface area contributed by atoms with Gasteiger partial charge in [-0.2, -0.15) is 0 Å².